The second kappa shape index (κ2) is 6.03. The molecule has 0 aliphatic rings. The molecule has 0 aliphatic heterocycles. The van der Waals surface area contributed by atoms with Crippen molar-refractivity contribution >= 4 is 34.5 Å². The first-order chi connectivity index (χ1) is 10.1. The van der Waals surface area contributed by atoms with Crippen molar-refractivity contribution in [3.63, 3.8) is 0 Å². The lowest BCUT2D eigenvalue weighted by molar-refractivity contribution is 0.612. The molecule has 4 nitrogen and oxygen atoms in total. The quantitative estimate of drug-likeness (QED) is 0.407. The van der Waals surface area contributed by atoms with Crippen LogP contribution < -0.4 is 0 Å². The van der Waals surface area contributed by atoms with Gasteiger partial charge in [-0.2, -0.15) is 4.98 Å². The van der Waals surface area contributed by atoms with Gasteiger partial charge >= 0.3 is 0 Å². The molecule has 2 aromatic heterocycles. The molecule has 0 amide bonds. The van der Waals surface area contributed by atoms with Crippen LogP contribution in [-0.2, 0) is 5.75 Å². The Morgan fingerprint density at radius 3 is 2.67 bits per heavy atom. The van der Waals surface area contributed by atoms with Gasteiger partial charge in [-0.1, -0.05) is 42.1 Å². The van der Waals surface area contributed by atoms with Gasteiger partial charge in [-0.25, -0.2) is 9.97 Å². The first-order valence-corrected chi connectivity index (χ1v) is 8.08. The lowest BCUT2D eigenvalue weighted by atomic mass is 10.2. The minimum atomic E-state index is 0.264. The SMILES string of the molecule is CC(C)n1cnc2c(SCc3ccccc3)nc(Cl)nc21. The van der Waals surface area contributed by atoms with Crippen LogP contribution in [0.2, 0.25) is 5.28 Å². The highest BCUT2D eigenvalue weighted by Crippen LogP contribution is 2.29. The zero-order valence-corrected chi connectivity index (χ0v) is 13.4. The fraction of sp³-hybridized carbons (Fsp3) is 0.267. The maximum Gasteiger partial charge on any atom is 0.225 e. The van der Waals surface area contributed by atoms with Gasteiger partial charge in [0, 0.05) is 11.8 Å². The molecular weight excluding hydrogens is 304 g/mol. The fourth-order valence-corrected chi connectivity index (χ4v) is 3.21. The highest BCUT2D eigenvalue weighted by atomic mass is 35.5. The summed E-state index contributed by atoms with van der Waals surface area (Å²) in [5.41, 5.74) is 2.85. The maximum atomic E-state index is 6.06. The van der Waals surface area contributed by atoms with Crippen LogP contribution in [-0.4, -0.2) is 19.5 Å². The first-order valence-electron chi connectivity index (χ1n) is 6.72. The average Bonchev–Trinajstić information content (AvgIpc) is 2.89. The van der Waals surface area contributed by atoms with Gasteiger partial charge in [0.15, 0.2) is 5.65 Å². The summed E-state index contributed by atoms with van der Waals surface area (Å²) in [7, 11) is 0. The van der Waals surface area contributed by atoms with Crippen molar-refractivity contribution in [3.05, 3.63) is 47.5 Å². The zero-order valence-electron chi connectivity index (χ0n) is 11.8. The molecule has 108 valence electrons. The Labute approximate surface area is 132 Å². The molecule has 0 saturated heterocycles. The molecule has 21 heavy (non-hydrogen) atoms. The normalized spacial score (nSPS) is 11.4. The van der Waals surface area contributed by atoms with E-state index in [1.807, 2.05) is 22.8 Å². The number of hydrogen-bond acceptors (Lipinski definition) is 4. The predicted octanol–water partition coefficient (Wildman–Crippen LogP) is 4.35. The van der Waals surface area contributed by atoms with Crippen molar-refractivity contribution in [3.8, 4) is 0 Å². The van der Waals surface area contributed by atoms with Crippen LogP contribution in [0.25, 0.3) is 11.2 Å². The fourth-order valence-electron chi connectivity index (χ4n) is 2.07. The van der Waals surface area contributed by atoms with Crippen LogP contribution in [0.15, 0.2) is 41.7 Å². The number of aromatic nitrogens is 4. The van der Waals surface area contributed by atoms with E-state index in [-0.39, 0.29) is 11.3 Å². The molecule has 0 fully saturated rings. The molecule has 0 saturated carbocycles. The van der Waals surface area contributed by atoms with E-state index in [9.17, 15) is 0 Å². The van der Waals surface area contributed by atoms with E-state index in [1.54, 1.807) is 18.1 Å². The number of nitrogens with zero attached hydrogens (tertiary/aromatic N) is 4. The molecule has 3 aromatic rings. The molecule has 0 bridgehead atoms. The van der Waals surface area contributed by atoms with Gasteiger partial charge in [0.1, 0.15) is 10.5 Å². The number of benzene rings is 1. The summed E-state index contributed by atoms with van der Waals surface area (Å²) in [6.45, 7) is 4.18. The molecule has 0 unspecified atom stereocenters. The van der Waals surface area contributed by atoms with Crippen molar-refractivity contribution in [1.29, 1.82) is 0 Å². The van der Waals surface area contributed by atoms with Crippen LogP contribution in [0.1, 0.15) is 25.5 Å². The number of rotatable bonds is 4. The summed E-state index contributed by atoms with van der Waals surface area (Å²) in [6.07, 6.45) is 1.80. The highest BCUT2D eigenvalue weighted by Gasteiger charge is 2.14. The molecule has 1 aromatic carbocycles. The zero-order chi connectivity index (χ0) is 14.8. The summed E-state index contributed by atoms with van der Waals surface area (Å²) in [4.78, 5) is 13.1. The average molecular weight is 319 g/mol. The molecule has 0 radical (unpaired) electrons. The van der Waals surface area contributed by atoms with E-state index >= 15 is 0 Å². The summed E-state index contributed by atoms with van der Waals surface area (Å²) < 4.78 is 2.01. The van der Waals surface area contributed by atoms with Crippen molar-refractivity contribution in [1.82, 2.24) is 19.5 Å². The number of thioether (sulfide) groups is 1. The van der Waals surface area contributed by atoms with Crippen LogP contribution in [0, 0.1) is 0 Å². The largest absolute Gasteiger partial charge is 0.313 e. The second-order valence-electron chi connectivity index (χ2n) is 4.99. The molecular formula is C15H15ClN4S. The maximum absolute atomic E-state index is 6.06. The highest BCUT2D eigenvalue weighted by molar-refractivity contribution is 7.98. The van der Waals surface area contributed by atoms with Crippen LogP contribution >= 0.6 is 23.4 Å². The molecule has 0 N–H and O–H groups in total. The Bertz CT molecular complexity index is 755. The van der Waals surface area contributed by atoms with E-state index in [4.69, 9.17) is 11.6 Å². The summed E-state index contributed by atoms with van der Waals surface area (Å²) in [5, 5.41) is 1.09. The van der Waals surface area contributed by atoms with E-state index in [2.05, 4.69) is 40.9 Å². The Morgan fingerprint density at radius 1 is 1.19 bits per heavy atom. The van der Waals surface area contributed by atoms with Gasteiger partial charge in [-0.3, -0.25) is 0 Å². The van der Waals surface area contributed by atoms with Gasteiger partial charge in [-0.15, -0.1) is 0 Å². The summed E-state index contributed by atoms with van der Waals surface area (Å²) in [5.74, 6) is 0.831. The van der Waals surface area contributed by atoms with Gasteiger partial charge in [0.05, 0.1) is 6.33 Å². The number of imidazole rings is 1. The van der Waals surface area contributed by atoms with Crippen molar-refractivity contribution in [2.24, 2.45) is 0 Å². The van der Waals surface area contributed by atoms with Crippen molar-refractivity contribution < 1.29 is 0 Å². The van der Waals surface area contributed by atoms with Crippen LogP contribution in [0.5, 0.6) is 0 Å². The standard InChI is InChI=1S/C15H15ClN4S/c1-10(2)20-9-17-12-13(20)18-15(16)19-14(12)21-8-11-6-4-3-5-7-11/h3-7,9-10H,8H2,1-2H3. The molecule has 2 heterocycles. The van der Waals surface area contributed by atoms with E-state index in [1.165, 1.54) is 5.56 Å². The third-order valence-electron chi connectivity index (χ3n) is 3.14. The van der Waals surface area contributed by atoms with Gasteiger partial charge in [0.2, 0.25) is 5.28 Å². The lowest BCUT2D eigenvalue weighted by Gasteiger charge is -2.08. The van der Waals surface area contributed by atoms with Gasteiger partial charge in [-0.05, 0) is 31.0 Å². The van der Waals surface area contributed by atoms with E-state index < -0.39 is 0 Å². The second-order valence-corrected chi connectivity index (χ2v) is 6.29. The van der Waals surface area contributed by atoms with Gasteiger partial charge < -0.3 is 4.57 Å². The third kappa shape index (κ3) is 3.04. The van der Waals surface area contributed by atoms with Gasteiger partial charge in [0.25, 0.3) is 0 Å². The Balaban J connectivity index is 1.95. The van der Waals surface area contributed by atoms with Crippen molar-refractivity contribution in [2.45, 2.75) is 30.7 Å². The summed E-state index contributed by atoms with van der Waals surface area (Å²) in [6, 6.07) is 10.6. The lowest BCUT2D eigenvalue weighted by Crippen LogP contribution is -2.00. The van der Waals surface area contributed by atoms with E-state index in [0.29, 0.717) is 0 Å². The van der Waals surface area contributed by atoms with Crippen molar-refractivity contribution in [2.75, 3.05) is 0 Å². The monoisotopic (exact) mass is 318 g/mol. The predicted molar refractivity (Wildman–Crippen MR) is 86.7 cm³/mol. The Hall–Kier alpha value is -1.59. The topological polar surface area (TPSA) is 43.6 Å². The Kier molecular flexibility index (Phi) is 4.12. The molecule has 3 rings (SSSR count). The molecule has 0 atom stereocenters. The third-order valence-corrected chi connectivity index (χ3v) is 4.34. The number of fused-ring (bicyclic) bond motifs is 1. The first kappa shape index (κ1) is 14.4. The van der Waals surface area contributed by atoms with E-state index in [0.717, 1.165) is 21.9 Å². The minimum Gasteiger partial charge on any atom is -0.313 e. The molecule has 0 spiro atoms. The molecule has 0 aliphatic carbocycles. The number of hydrogen-bond donors (Lipinski definition) is 0. The smallest absolute Gasteiger partial charge is 0.225 e. The Morgan fingerprint density at radius 2 is 1.95 bits per heavy atom. The summed E-state index contributed by atoms with van der Waals surface area (Å²) >= 11 is 7.69. The van der Waals surface area contributed by atoms with Crippen LogP contribution in [0.4, 0.5) is 0 Å². The van der Waals surface area contributed by atoms with Crippen LogP contribution in [0.3, 0.4) is 0 Å². The number of halogens is 1. The molecule has 6 heteroatoms. The minimum absolute atomic E-state index is 0.264.